The molecule has 0 aromatic heterocycles. The molecule has 1 aromatic carbocycles. The van der Waals surface area contributed by atoms with E-state index in [2.05, 4.69) is 15.6 Å². The first-order valence-electron chi connectivity index (χ1n) is 6.70. The summed E-state index contributed by atoms with van der Waals surface area (Å²) in [5.74, 6) is 1.06. The lowest BCUT2D eigenvalue weighted by atomic mass is 10.3. The Morgan fingerprint density at radius 3 is 2.90 bits per heavy atom. The Morgan fingerprint density at radius 2 is 2.24 bits per heavy atom. The predicted molar refractivity (Wildman–Crippen MR) is 94.3 cm³/mol. The fraction of sp³-hybridized carbons (Fsp3) is 0.429. The first-order valence-corrected chi connectivity index (χ1v) is 6.70. The monoisotopic (exact) mass is 404 g/mol. The van der Waals surface area contributed by atoms with Gasteiger partial charge in [-0.1, -0.05) is 6.07 Å². The summed E-state index contributed by atoms with van der Waals surface area (Å²) >= 11 is 0. The number of amides is 1. The van der Waals surface area contributed by atoms with E-state index in [1.165, 1.54) is 19.8 Å². The zero-order chi connectivity index (χ0) is 14.4. The molecule has 1 fully saturated rings. The summed E-state index contributed by atoms with van der Waals surface area (Å²) in [4.78, 5) is 15.1. The normalized spacial score (nSPS) is 14.0. The molecule has 0 radical (unpaired) electrons. The van der Waals surface area contributed by atoms with E-state index in [1.807, 2.05) is 18.2 Å². The second-order valence-corrected chi connectivity index (χ2v) is 4.74. The molecule has 1 aliphatic carbocycles. The van der Waals surface area contributed by atoms with Crippen LogP contribution in [0.4, 0.5) is 5.69 Å². The average Bonchev–Trinajstić information content (AvgIpc) is 3.18. The maximum atomic E-state index is 11.0. The van der Waals surface area contributed by atoms with Gasteiger partial charge in [-0.05, 0) is 25.0 Å². The van der Waals surface area contributed by atoms with Gasteiger partial charge in [0.2, 0.25) is 5.91 Å². The molecule has 6 nitrogen and oxygen atoms in total. The molecule has 0 aliphatic heterocycles. The van der Waals surface area contributed by atoms with Gasteiger partial charge in [0, 0.05) is 24.7 Å². The number of carbonyl (C=O) groups excluding carboxylic acids is 1. The molecule has 4 N–H and O–H groups in total. The van der Waals surface area contributed by atoms with E-state index in [0.717, 1.165) is 0 Å². The molecule has 7 heteroatoms. The third-order valence-corrected chi connectivity index (χ3v) is 2.73. The van der Waals surface area contributed by atoms with Crippen LogP contribution in [0.15, 0.2) is 29.3 Å². The highest BCUT2D eigenvalue weighted by Crippen LogP contribution is 2.18. The van der Waals surface area contributed by atoms with Crippen LogP contribution in [-0.4, -0.2) is 31.1 Å². The number of nitrogens with two attached hydrogens (primary N) is 1. The van der Waals surface area contributed by atoms with E-state index >= 15 is 0 Å². The molecular formula is C14H21IN4O2. The molecule has 0 unspecified atom stereocenters. The number of halogens is 1. The molecular weight excluding hydrogens is 383 g/mol. The van der Waals surface area contributed by atoms with Gasteiger partial charge in [-0.15, -0.1) is 24.0 Å². The predicted octanol–water partition coefficient (Wildman–Crippen LogP) is 1.71. The minimum atomic E-state index is -0.106. The summed E-state index contributed by atoms with van der Waals surface area (Å²) in [6.45, 7) is 2.41. The maximum Gasteiger partial charge on any atom is 0.221 e. The van der Waals surface area contributed by atoms with Crippen LogP contribution in [0.1, 0.15) is 19.8 Å². The minimum absolute atomic E-state index is 0. The lowest BCUT2D eigenvalue weighted by molar-refractivity contribution is -0.114. The lowest BCUT2D eigenvalue weighted by Crippen LogP contribution is -2.33. The van der Waals surface area contributed by atoms with Crippen molar-refractivity contribution in [3.8, 4) is 5.75 Å². The van der Waals surface area contributed by atoms with Gasteiger partial charge in [0.25, 0.3) is 0 Å². The number of aliphatic imine (C=N–C) groups is 1. The Labute approximate surface area is 141 Å². The fourth-order valence-electron chi connectivity index (χ4n) is 1.68. The minimum Gasteiger partial charge on any atom is -0.492 e. The van der Waals surface area contributed by atoms with Gasteiger partial charge in [0.05, 0.1) is 6.54 Å². The van der Waals surface area contributed by atoms with E-state index in [0.29, 0.717) is 36.6 Å². The van der Waals surface area contributed by atoms with Gasteiger partial charge in [0.15, 0.2) is 5.96 Å². The summed E-state index contributed by atoms with van der Waals surface area (Å²) in [6.07, 6.45) is 2.34. The standard InChI is InChI=1S/C14H20N4O2.HI/c1-10(19)17-12-3-2-4-13(9-12)20-8-7-16-14(15)18-11-5-6-11;/h2-4,9,11H,5-8H2,1H3,(H,17,19)(H3,15,16,18);1H. The summed E-state index contributed by atoms with van der Waals surface area (Å²) in [6, 6.07) is 7.75. The van der Waals surface area contributed by atoms with E-state index < -0.39 is 0 Å². The molecule has 0 saturated heterocycles. The van der Waals surface area contributed by atoms with E-state index in [4.69, 9.17) is 10.5 Å². The highest BCUT2D eigenvalue weighted by atomic mass is 127. The van der Waals surface area contributed by atoms with Crippen LogP contribution in [0.2, 0.25) is 0 Å². The number of anilines is 1. The van der Waals surface area contributed by atoms with Gasteiger partial charge < -0.3 is 21.1 Å². The van der Waals surface area contributed by atoms with E-state index in [1.54, 1.807) is 6.07 Å². The molecule has 0 atom stereocenters. The maximum absolute atomic E-state index is 11.0. The molecule has 1 amide bonds. The number of guanidine groups is 1. The molecule has 0 spiro atoms. The zero-order valence-corrected chi connectivity index (χ0v) is 14.3. The highest BCUT2D eigenvalue weighted by Gasteiger charge is 2.21. The van der Waals surface area contributed by atoms with Crippen LogP contribution in [0.3, 0.4) is 0 Å². The SMILES string of the molecule is CC(=O)Nc1cccc(OCCN=C(N)NC2CC2)c1.I. The Morgan fingerprint density at radius 1 is 1.48 bits per heavy atom. The van der Waals surface area contributed by atoms with Crippen molar-refractivity contribution < 1.29 is 9.53 Å². The fourth-order valence-corrected chi connectivity index (χ4v) is 1.68. The summed E-state index contributed by atoms with van der Waals surface area (Å²) < 4.78 is 5.56. The van der Waals surface area contributed by atoms with Crippen molar-refractivity contribution in [2.45, 2.75) is 25.8 Å². The third kappa shape index (κ3) is 7.16. The van der Waals surface area contributed by atoms with Crippen molar-refractivity contribution in [2.75, 3.05) is 18.5 Å². The molecule has 116 valence electrons. The first-order chi connectivity index (χ1) is 9.63. The molecule has 1 aliphatic rings. The van der Waals surface area contributed by atoms with Crippen molar-refractivity contribution in [1.82, 2.24) is 5.32 Å². The van der Waals surface area contributed by atoms with Crippen LogP contribution in [-0.2, 0) is 4.79 Å². The van der Waals surface area contributed by atoms with Crippen molar-refractivity contribution in [2.24, 2.45) is 10.7 Å². The molecule has 21 heavy (non-hydrogen) atoms. The van der Waals surface area contributed by atoms with Crippen LogP contribution in [0.25, 0.3) is 0 Å². The summed E-state index contributed by atoms with van der Waals surface area (Å²) in [5.41, 5.74) is 6.42. The quantitative estimate of drug-likeness (QED) is 0.292. The number of nitrogens with zero attached hydrogens (tertiary/aromatic N) is 1. The number of nitrogens with one attached hydrogen (secondary N) is 2. The highest BCUT2D eigenvalue weighted by molar-refractivity contribution is 14.0. The van der Waals surface area contributed by atoms with Crippen molar-refractivity contribution in [3.63, 3.8) is 0 Å². The topological polar surface area (TPSA) is 88.7 Å². The number of carbonyl (C=O) groups is 1. The van der Waals surface area contributed by atoms with Gasteiger partial charge in [-0.25, -0.2) is 4.99 Å². The second-order valence-electron chi connectivity index (χ2n) is 4.74. The van der Waals surface area contributed by atoms with Crippen LogP contribution >= 0.6 is 24.0 Å². The van der Waals surface area contributed by atoms with Crippen LogP contribution < -0.4 is 21.1 Å². The number of ether oxygens (including phenoxy) is 1. The average molecular weight is 404 g/mol. The second kappa shape index (κ2) is 8.71. The van der Waals surface area contributed by atoms with Gasteiger partial charge in [0.1, 0.15) is 12.4 Å². The number of benzene rings is 1. The summed E-state index contributed by atoms with van der Waals surface area (Å²) in [5, 5.41) is 5.81. The van der Waals surface area contributed by atoms with Crippen molar-refractivity contribution in [3.05, 3.63) is 24.3 Å². The van der Waals surface area contributed by atoms with Crippen LogP contribution in [0.5, 0.6) is 5.75 Å². The Hall–Kier alpha value is -1.51. The molecule has 0 bridgehead atoms. The third-order valence-electron chi connectivity index (χ3n) is 2.73. The first kappa shape index (κ1) is 17.5. The van der Waals surface area contributed by atoms with Crippen molar-refractivity contribution in [1.29, 1.82) is 0 Å². The molecule has 1 saturated carbocycles. The lowest BCUT2D eigenvalue weighted by Gasteiger charge is -2.08. The number of hydrogen-bond acceptors (Lipinski definition) is 3. The number of hydrogen-bond donors (Lipinski definition) is 3. The summed E-state index contributed by atoms with van der Waals surface area (Å²) in [7, 11) is 0. The van der Waals surface area contributed by atoms with Gasteiger partial charge in [-0.2, -0.15) is 0 Å². The smallest absolute Gasteiger partial charge is 0.221 e. The van der Waals surface area contributed by atoms with E-state index in [9.17, 15) is 4.79 Å². The molecule has 1 aromatic rings. The Balaban J connectivity index is 0.00000220. The van der Waals surface area contributed by atoms with Gasteiger partial charge in [-0.3, -0.25) is 4.79 Å². The molecule has 0 heterocycles. The Kier molecular flexibility index (Phi) is 7.27. The van der Waals surface area contributed by atoms with E-state index in [-0.39, 0.29) is 29.9 Å². The Bertz CT molecular complexity index is 504. The zero-order valence-electron chi connectivity index (χ0n) is 12.0. The van der Waals surface area contributed by atoms with Crippen LogP contribution in [0, 0.1) is 0 Å². The van der Waals surface area contributed by atoms with Crippen molar-refractivity contribution >= 4 is 41.5 Å². The largest absolute Gasteiger partial charge is 0.492 e. The number of rotatable bonds is 6. The molecule has 2 rings (SSSR count). The van der Waals surface area contributed by atoms with Gasteiger partial charge >= 0.3 is 0 Å².